The minimum absolute atomic E-state index is 0.344. The van der Waals surface area contributed by atoms with Gasteiger partial charge in [-0.2, -0.15) is 0 Å². The molecule has 1 atom stereocenters. The molecule has 0 fully saturated rings. The van der Waals surface area contributed by atoms with Gasteiger partial charge < -0.3 is 21.5 Å². The van der Waals surface area contributed by atoms with Gasteiger partial charge >= 0.3 is 12.0 Å². The quantitative estimate of drug-likeness (QED) is 0.521. The molecule has 1 unspecified atom stereocenters. The standard InChI is InChI=1S/C11H21N3O4/c1-4-5-6-7(8(15)16)13-10(18)14-11(2,3)9(12)17/h7H,4-6H2,1-3H3,(H2,12,17)(H,15,16)(H2,13,14,18). The van der Waals surface area contributed by atoms with Crippen LogP contribution in [0.3, 0.4) is 0 Å². The molecule has 0 heterocycles. The maximum absolute atomic E-state index is 11.5. The predicted octanol–water partition coefficient (Wildman–Crippen LogP) is 0.193. The molecule has 0 aromatic carbocycles. The molecular formula is C11H21N3O4. The van der Waals surface area contributed by atoms with Crippen LogP contribution in [0.4, 0.5) is 4.79 Å². The average Bonchev–Trinajstić information content (AvgIpc) is 2.22. The van der Waals surface area contributed by atoms with Gasteiger partial charge in [0, 0.05) is 0 Å². The molecule has 0 saturated heterocycles. The van der Waals surface area contributed by atoms with E-state index in [2.05, 4.69) is 10.6 Å². The number of carboxylic acid groups (broad SMARTS) is 1. The molecule has 7 heteroatoms. The Hall–Kier alpha value is -1.79. The van der Waals surface area contributed by atoms with E-state index in [0.717, 1.165) is 6.42 Å². The minimum atomic E-state index is -1.22. The number of rotatable bonds is 7. The van der Waals surface area contributed by atoms with Crippen LogP contribution in [0.2, 0.25) is 0 Å². The van der Waals surface area contributed by atoms with Gasteiger partial charge in [0.1, 0.15) is 11.6 Å². The minimum Gasteiger partial charge on any atom is -0.480 e. The molecular weight excluding hydrogens is 238 g/mol. The Morgan fingerprint density at radius 3 is 2.28 bits per heavy atom. The molecule has 0 spiro atoms. The van der Waals surface area contributed by atoms with E-state index in [4.69, 9.17) is 10.8 Å². The number of hydrogen-bond acceptors (Lipinski definition) is 3. The summed E-state index contributed by atoms with van der Waals surface area (Å²) < 4.78 is 0. The molecule has 0 saturated carbocycles. The normalized spacial score (nSPS) is 12.6. The molecule has 5 N–H and O–H groups in total. The monoisotopic (exact) mass is 259 g/mol. The number of hydrogen-bond donors (Lipinski definition) is 4. The first-order valence-electron chi connectivity index (χ1n) is 5.82. The number of urea groups is 1. The zero-order chi connectivity index (χ0) is 14.3. The van der Waals surface area contributed by atoms with Crippen molar-refractivity contribution in [3.05, 3.63) is 0 Å². The average molecular weight is 259 g/mol. The van der Waals surface area contributed by atoms with E-state index in [1.807, 2.05) is 6.92 Å². The summed E-state index contributed by atoms with van der Waals surface area (Å²) >= 11 is 0. The Labute approximate surface area is 106 Å². The van der Waals surface area contributed by atoms with Gasteiger partial charge in [-0.1, -0.05) is 19.8 Å². The summed E-state index contributed by atoms with van der Waals surface area (Å²) in [5.74, 6) is -1.80. The maximum atomic E-state index is 11.5. The summed E-state index contributed by atoms with van der Waals surface area (Å²) in [4.78, 5) is 33.5. The summed E-state index contributed by atoms with van der Waals surface area (Å²) in [6, 6.07) is -1.68. The molecule has 0 aliphatic rings. The molecule has 0 aromatic heterocycles. The lowest BCUT2D eigenvalue weighted by atomic mass is 10.1. The summed E-state index contributed by atoms with van der Waals surface area (Å²) in [5, 5.41) is 13.6. The lowest BCUT2D eigenvalue weighted by molar-refractivity contribution is -0.139. The van der Waals surface area contributed by atoms with Gasteiger partial charge in [0.15, 0.2) is 0 Å². The number of unbranched alkanes of at least 4 members (excludes halogenated alkanes) is 1. The zero-order valence-electron chi connectivity index (χ0n) is 10.9. The fourth-order valence-electron chi connectivity index (χ4n) is 1.21. The van der Waals surface area contributed by atoms with Crippen molar-refractivity contribution < 1.29 is 19.5 Å². The fourth-order valence-corrected chi connectivity index (χ4v) is 1.21. The maximum Gasteiger partial charge on any atom is 0.326 e. The van der Waals surface area contributed by atoms with Crippen LogP contribution in [0.15, 0.2) is 0 Å². The molecule has 0 rings (SSSR count). The predicted molar refractivity (Wildman–Crippen MR) is 65.9 cm³/mol. The van der Waals surface area contributed by atoms with Gasteiger partial charge in [-0.3, -0.25) is 4.79 Å². The highest BCUT2D eigenvalue weighted by Gasteiger charge is 2.28. The van der Waals surface area contributed by atoms with Crippen molar-refractivity contribution in [1.82, 2.24) is 10.6 Å². The first-order chi connectivity index (χ1) is 8.20. The molecule has 0 aliphatic heterocycles. The molecule has 3 amide bonds. The summed E-state index contributed by atoms with van der Waals surface area (Å²) in [7, 11) is 0. The molecule has 18 heavy (non-hydrogen) atoms. The van der Waals surface area contributed by atoms with Gasteiger partial charge in [-0.05, 0) is 20.3 Å². The number of nitrogens with one attached hydrogen (secondary N) is 2. The Morgan fingerprint density at radius 1 is 1.33 bits per heavy atom. The van der Waals surface area contributed by atoms with Crippen molar-refractivity contribution in [2.75, 3.05) is 0 Å². The van der Waals surface area contributed by atoms with Gasteiger partial charge in [-0.25, -0.2) is 9.59 Å². The van der Waals surface area contributed by atoms with Gasteiger partial charge in [0.25, 0.3) is 0 Å². The van der Waals surface area contributed by atoms with Crippen LogP contribution in [-0.4, -0.2) is 34.6 Å². The highest BCUT2D eigenvalue weighted by Crippen LogP contribution is 2.03. The van der Waals surface area contributed by atoms with Crippen molar-refractivity contribution in [2.24, 2.45) is 5.73 Å². The summed E-state index contributed by atoms with van der Waals surface area (Å²) in [6.07, 6.45) is 1.87. The van der Waals surface area contributed by atoms with Gasteiger partial charge in [0.05, 0.1) is 0 Å². The zero-order valence-corrected chi connectivity index (χ0v) is 10.9. The van der Waals surface area contributed by atoms with Gasteiger partial charge in [-0.15, -0.1) is 0 Å². The van der Waals surface area contributed by atoms with Crippen molar-refractivity contribution in [2.45, 2.75) is 51.6 Å². The van der Waals surface area contributed by atoms with E-state index >= 15 is 0 Å². The smallest absolute Gasteiger partial charge is 0.326 e. The molecule has 0 radical (unpaired) electrons. The van der Waals surface area contributed by atoms with Crippen LogP contribution in [0.1, 0.15) is 40.0 Å². The first-order valence-corrected chi connectivity index (χ1v) is 5.82. The van der Waals surface area contributed by atoms with E-state index in [0.29, 0.717) is 12.8 Å². The molecule has 0 aliphatic carbocycles. The molecule has 0 bridgehead atoms. The molecule has 7 nitrogen and oxygen atoms in total. The Balaban J connectivity index is 4.43. The van der Waals surface area contributed by atoms with E-state index in [-0.39, 0.29) is 0 Å². The van der Waals surface area contributed by atoms with Crippen LogP contribution in [-0.2, 0) is 9.59 Å². The van der Waals surface area contributed by atoms with Crippen LogP contribution in [0, 0.1) is 0 Å². The van der Waals surface area contributed by atoms with E-state index in [9.17, 15) is 14.4 Å². The van der Waals surface area contributed by atoms with Crippen molar-refractivity contribution >= 4 is 17.9 Å². The largest absolute Gasteiger partial charge is 0.480 e. The number of amides is 3. The third-order valence-corrected chi connectivity index (χ3v) is 2.49. The first kappa shape index (κ1) is 16.2. The third-order valence-electron chi connectivity index (χ3n) is 2.49. The lowest BCUT2D eigenvalue weighted by Gasteiger charge is -2.24. The SMILES string of the molecule is CCCCC(NC(=O)NC(C)(C)C(N)=O)C(=O)O. The lowest BCUT2D eigenvalue weighted by Crippen LogP contribution is -2.57. The van der Waals surface area contributed by atoms with Gasteiger partial charge in [0.2, 0.25) is 5.91 Å². The highest BCUT2D eigenvalue weighted by atomic mass is 16.4. The number of carbonyl (C=O) groups is 3. The molecule has 0 aromatic rings. The number of carboxylic acids is 1. The summed E-state index contributed by atoms with van der Waals surface area (Å²) in [5.41, 5.74) is 3.87. The van der Waals surface area contributed by atoms with Crippen molar-refractivity contribution in [3.63, 3.8) is 0 Å². The second-order valence-electron chi connectivity index (χ2n) is 4.62. The number of nitrogens with two attached hydrogens (primary N) is 1. The fraction of sp³-hybridized carbons (Fsp3) is 0.727. The van der Waals surface area contributed by atoms with E-state index < -0.39 is 29.5 Å². The Bertz CT molecular complexity index is 328. The van der Waals surface area contributed by atoms with Crippen LogP contribution >= 0.6 is 0 Å². The molecule has 104 valence electrons. The highest BCUT2D eigenvalue weighted by molar-refractivity contribution is 5.90. The van der Waals surface area contributed by atoms with Crippen LogP contribution in [0.25, 0.3) is 0 Å². The number of primary amides is 1. The Kier molecular flexibility index (Phi) is 6.15. The van der Waals surface area contributed by atoms with E-state index in [1.165, 1.54) is 13.8 Å². The third kappa shape index (κ3) is 5.51. The number of aliphatic carboxylic acids is 1. The van der Waals surface area contributed by atoms with Crippen LogP contribution in [0.5, 0.6) is 0 Å². The van der Waals surface area contributed by atoms with Crippen LogP contribution < -0.4 is 16.4 Å². The van der Waals surface area contributed by atoms with E-state index in [1.54, 1.807) is 0 Å². The van der Waals surface area contributed by atoms with Crippen molar-refractivity contribution in [3.8, 4) is 0 Å². The second-order valence-corrected chi connectivity index (χ2v) is 4.62. The Morgan fingerprint density at radius 2 is 1.89 bits per heavy atom. The topological polar surface area (TPSA) is 122 Å². The summed E-state index contributed by atoms with van der Waals surface area (Å²) in [6.45, 7) is 4.81. The van der Waals surface area contributed by atoms with Crippen molar-refractivity contribution in [1.29, 1.82) is 0 Å². The second kappa shape index (κ2) is 6.83. The number of carbonyl (C=O) groups excluding carboxylic acids is 2.